The van der Waals surface area contributed by atoms with Crippen LogP contribution in [0.15, 0.2) is 71.6 Å². The van der Waals surface area contributed by atoms with Gasteiger partial charge in [0.1, 0.15) is 5.75 Å². The molecular weight excluding hydrogens is 436 g/mol. The van der Waals surface area contributed by atoms with E-state index in [0.29, 0.717) is 48.9 Å². The first-order chi connectivity index (χ1) is 16.0. The molecule has 174 valence electrons. The minimum atomic E-state index is -3.60. The third kappa shape index (κ3) is 5.37. The van der Waals surface area contributed by atoms with E-state index in [-0.39, 0.29) is 11.8 Å². The van der Waals surface area contributed by atoms with E-state index in [1.54, 1.807) is 12.1 Å². The fourth-order valence-electron chi connectivity index (χ4n) is 4.09. The van der Waals surface area contributed by atoms with Crippen LogP contribution in [0.25, 0.3) is 10.8 Å². The summed E-state index contributed by atoms with van der Waals surface area (Å²) in [5.41, 5.74) is 0.657. The molecule has 3 aromatic carbocycles. The second-order valence-corrected chi connectivity index (χ2v) is 10.3. The van der Waals surface area contributed by atoms with E-state index >= 15 is 0 Å². The van der Waals surface area contributed by atoms with Crippen LogP contribution in [0.1, 0.15) is 32.6 Å². The zero-order valence-corrected chi connectivity index (χ0v) is 19.7. The summed E-state index contributed by atoms with van der Waals surface area (Å²) in [6.07, 6.45) is 2.96. The maximum atomic E-state index is 13.2. The first kappa shape index (κ1) is 23.3. The van der Waals surface area contributed by atoms with Crippen LogP contribution in [0.2, 0.25) is 0 Å². The van der Waals surface area contributed by atoms with Gasteiger partial charge in [-0.15, -0.1) is 0 Å². The van der Waals surface area contributed by atoms with Crippen LogP contribution >= 0.6 is 0 Å². The first-order valence-electron chi connectivity index (χ1n) is 11.5. The van der Waals surface area contributed by atoms with E-state index < -0.39 is 10.0 Å². The molecule has 3 aromatic rings. The maximum absolute atomic E-state index is 13.2. The maximum Gasteiger partial charge on any atom is 0.243 e. The molecule has 7 heteroatoms. The Labute approximate surface area is 195 Å². The summed E-state index contributed by atoms with van der Waals surface area (Å²) >= 11 is 0. The Morgan fingerprint density at radius 3 is 2.45 bits per heavy atom. The van der Waals surface area contributed by atoms with Crippen molar-refractivity contribution < 1.29 is 17.9 Å². The fourth-order valence-corrected chi connectivity index (χ4v) is 5.60. The molecule has 0 saturated carbocycles. The number of nitrogens with zero attached hydrogens (tertiary/aromatic N) is 1. The Morgan fingerprint density at radius 2 is 1.70 bits per heavy atom. The molecule has 1 fully saturated rings. The number of carbonyl (C=O) groups excluding carboxylic acids is 1. The second-order valence-electron chi connectivity index (χ2n) is 8.37. The highest BCUT2D eigenvalue weighted by Crippen LogP contribution is 2.29. The lowest BCUT2D eigenvalue weighted by Crippen LogP contribution is -2.41. The number of benzene rings is 3. The van der Waals surface area contributed by atoms with Crippen LogP contribution in [0.4, 0.5) is 5.69 Å². The third-order valence-corrected chi connectivity index (χ3v) is 7.98. The molecule has 33 heavy (non-hydrogen) atoms. The van der Waals surface area contributed by atoms with Crippen molar-refractivity contribution in [1.29, 1.82) is 0 Å². The van der Waals surface area contributed by atoms with Crippen molar-refractivity contribution in [1.82, 2.24) is 4.31 Å². The van der Waals surface area contributed by atoms with Crippen molar-refractivity contribution in [2.75, 3.05) is 25.0 Å². The summed E-state index contributed by atoms with van der Waals surface area (Å²) in [5.74, 6) is 0.330. The summed E-state index contributed by atoms with van der Waals surface area (Å²) in [7, 11) is -3.60. The zero-order chi connectivity index (χ0) is 23.3. The van der Waals surface area contributed by atoms with Crippen LogP contribution in [0, 0.1) is 5.92 Å². The van der Waals surface area contributed by atoms with Gasteiger partial charge in [-0.05, 0) is 54.3 Å². The van der Waals surface area contributed by atoms with E-state index in [9.17, 15) is 13.2 Å². The Morgan fingerprint density at radius 1 is 1.00 bits per heavy atom. The predicted molar refractivity (Wildman–Crippen MR) is 131 cm³/mol. The van der Waals surface area contributed by atoms with Crippen LogP contribution in [-0.4, -0.2) is 38.3 Å². The zero-order valence-electron chi connectivity index (χ0n) is 18.9. The van der Waals surface area contributed by atoms with Crippen LogP contribution in [0.5, 0.6) is 5.75 Å². The summed E-state index contributed by atoms with van der Waals surface area (Å²) < 4.78 is 33.6. The van der Waals surface area contributed by atoms with Crippen LogP contribution in [-0.2, 0) is 14.8 Å². The minimum Gasteiger partial charge on any atom is -0.491 e. The van der Waals surface area contributed by atoms with Gasteiger partial charge in [-0.3, -0.25) is 4.79 Å². The van der Waals surface area contributed by atoms with Gasteiger partial charge in [-0.25, -0.2) is 8.42 Å². The van der Waals surface area contributed by atoms with Crippen molar-refractivity contribution in [3.8, 4) is 5.75 Å². The number of piperidine rings is 1. The minimum absolute atomic E-state index is 0.0932. The molecule has 1 amide bonds. The average molecular weight is 467 g/mol. The largest absolute Gasteiger partial charge is 0.491 e. The quantitative estimate of drug-likeness (QED) is 0.471. The van der Waals surface area contributed by atoms with E-state index in [2.05, 4.69) is 12.2 Å². The van der Waals surface area contributed by atoms with Crippen LogP contribution < -0.4 is 10.1 Å². The molecule has 0 atom stereocenters. The molecule has 1 aliphatic rings. The Hall–Kier alpha value is -2.90. The van der Waals surface area contributed by atoms with E-state index in [1.807, 2.05) is 54.6 Å². The number of amides is 1. The Balaban J connectivity index is 1.39. The molecular formula is C26H30N2O4S. The Kier molecular flexibility index (Phi) is 7.30. The number of hydrogen-bond donors (Lipinski definition) is 1. The topological polar surface area (TPSA) is 75.7 Å². The van der Waals surface area contributed by atoms with Crippen molar-refractivity contribution in [2.45, 2.75) is 37.5 Å². The van der Waals surface area contributed by atoms with Crippen molar-refractivity contribution in [3.63, 3.8) is 0 Å². The molecule has 0 aliphatic carbocycles. The Bertz CT molecular complexity index is 1220. The number of carbonyl (C=O) groups is 1. The molecule has 4 rings (SSSR count). The van der Waals surface area contributed by atoms with Gasteiger partial charge < -0.3 is 10.1 Å². The molecule has 0 bridgehead atoms. The fraction of sp³-hybridized carbons (Fsp3) is 0.346. The monoisotopic (exact) mass is 466 g/mol. The van der Waals surface area contributed by atoms with E-state index in [0.717, 1.165) is 23.6 Å². The van der Waals surface area contributed by atoms with Gasteiger partial charge in [0.25, 0.3) is 0 Å². The van der Waals surface area contributed by atoms with Gasteiger partial charge in [0.15, 0.2) is 0 Å². The van der Waals surface area contributed by atoms with Crippen molar-refractivity contribution >= 4 is 32.4 Å². The van der Waals surface area contributed by atoms with Gasteiger partial charge in [0.05, 0.1) is 17.2 Å². The standard InChI is InChI=1S/C26H30N2O4S/c1-2-3-18-32-25-11-7-6-10-24(25)27-26(29)21-14-16-28(17-15-21)33(30,31)23-13-12-20-8-4-5-9-22(20)19-23/h4-13,19,21H,2-3,14-18H2,1H3,(H,27,29). The smallest absolute Gasteiger partial charge is 0.243 e. The molecule has 0 radical (unpaired) electrons. The highest BCUT2D eigenvalue weighted by molar-refractivity contribution is 7.89. The highest BCUT2D eigenvalue weighted by atomic mass is 32.2. The number of fused-ring (bicyclic) bond motifs is 1. The summed E-state index contributed by atoms with van der Waals surface area (Å²) in [5, 5.41) is 4.88. The average Bonchev–Trinajstić information content (AvgIpc) is 2.85. The number of anilines is 1. The summed E-state index contributed by atoms with van der Waals surface area (Å²) in [6, 6.07) is 20.3. The number of ether oxygens (including phenoxy) is 1. The number of unbranched alkanes of at least 4 members (excludes halogenated alkanes) is 1. The van der Waals surface area contributed by atoms with Crippen molar-refractivity contribution in [3.05, 3.63) is 66.7 Å². The lowest BCUT2D eigenvalue weighted by Gasteiger charge is -2.30. The molecule has 1 heterocycles. The van der Waals surface area contributed by atoms with E-state index in [4.69, 9.17) is 4.74 Å². The van der Waals surface area contributed by atoms with Gasteiger partial charge >= 0.3 is 0 Å². The molecule has 0 spiro atoms. The SMILES string of the molecule is CCCCOc1ccccc1NC(=O)C1CCN(S(=O)(=O)c2ccc3ccccc3c2)CC1. The van der Waals surface area contributed by atoms with Crippen molar-refractivity contribution in [2.24, 2.45) is 5.92 Å². The predicted octanol–water partition coefficient (Wildman–Crippen LogP) is 5.06. The lowest BCUT2D eigenvalue weighted by atomic mass is 9.97. The third-order valence-electron chi connectivity index (χ3n) is 6.08. The normalized spacial score (nSPS) is 15.4. The van der Waals surface area contributed by atoms with Gasteiger partial charge in [0, 0.05) is 19.0 Å². The van der Waals surface area contributed by atoms with Gasteiger partial charge in [-0.2, -0.15) is 4.31 Å². The molecule has 1 N–H and O–H groups in total. The molecule has 6 nitrogen and oxygen atoms in total. The molecule has 0 aromatic heterocycles. The number of para-hydroxylation sites is 2. The van der Waals surface area contributed by atoms with Crippen LogP contribution in [0.3, 0.4) is 0 Å². The first-order valence-corrected chi connectivity index (χ1v) is 12.9. The number of sulfonamides is 1. The highest BCUT2D eigenvalue weighted by Gasteiger charge is 2.32. The second kappa shape index (κ2) is 10.4. The van der Waals surface area contributed by atoms with Gasteiger partial charge in [-0.1, -0.05) is 55.8 Å². The number of hydrogen-bond acceptors (Lipinski definition) is 4. The molecule has 1 aliphatic heterocycles. The number of rotatable bonds is 8. The van der Waals surface area contributed by atoms with Gasteiger partial charge in [0.2, 0.25) is 15.9 Å². The molecule has 1 saturated heterocycles. The lowest BCUT2D eigenvalue weighted by molar-refractivity contribution is -0.120. The summed E-state index contributed by atoms with van der Waals surface area (Å²) in [6.45, 7) is 3.35. The molecule has 0 unspecified atom stereocenters. The number of nitrogens with one attached hydrogen (secondary N) is 1. The summed E-state index contributed by atoms with van der Waals surface area (Å²) in [4.78, 5) is 13.2. The van der Waals surface area contributed by atoms with E-state index in [1.165, 1.54) is 4.31 Å².